The summed E-state index contributed by atoms with van der Waals surface area (Å²) in [6, 6.07) is 3.85. The first kappa shape index (κ1) is 18.4. The van der Waals surface area contributed by atoms with Crippen molar-refractivity contribution < 1.29 is 4.79 Å². The SMILES string of the molecule is CNC(=O)c1nc2c(NCC3CCNCC3)nc(-c3ccncc3)cn2c1C. The van der Waals surface area contributed by atoms with Gasteiger partial charge in [-0.15, -0.1) is 0 Å². The van der Waals surface area contributed by atoms with E-state index in [-0.39, 0.29) is 5.91 Å². The van der Waals surface area contributed by atoms with Crippen molar-refractivity contribution in [2.45, 2.75) is 19.8 Å². The number of nitrogens with one attached hydrogen (secondary N) is 3. The second-order valence-electron chi connectivity index (χ2n) is 7.10. The predicted octanol–water partition coefficient (Wildman–Crippen LogP) is 1.87. The molecule has 8 heteroatoms. The molecule has 146 valence electrons. The van der Waals surface area contributed by atoms with Crippen molar-refractivity contribution in [3.8, 4) is 11.3 Å². The fraction of sp³-hybridized carbons (Fsp3) is 0.400. The highest BCUT2D eigenvalue weighted by Crippen LogP contribution is 2.25. The lowest BCUT2D eigenvalue weighted by molar-refractivity contribution is 0.0958. The number of amides is 1. The van der Waals surface area contributed by atoms with E-state index >= 15 is 0 Å². The van der Waals surface area contributed by atoms with Gasteiger partial charge in [-0.1, -0.05) is 0 Å². The molecule has 0 saturated carbocycles. The Labute approximate surface area is 163 Å². The molecule has 1 aliphatic heterocycles. The fourth-order valence-electron chi connectivity index (χ4n) is 3.60. The van der Waals surface area contributed by atoms with Gasteiger partial charge in [0, 0.05) is 37.7 Å². The molecule has 3 aromatic heterocycles. The van der Waals surface area contributed by atoms with Gasteiger partial charge in [0.1, 0.15) is 5.69 Å². The molecule has 0 atom stereocenters. The number of carbonyl (C=O) groups excluding carboxylic acids is 1. The number of rotatable bonds is 5. The van der Waals surface area contributed by atoms with E-state index in [4.69, 9.17) is 4.98 Å². The quantitative estimate of drug-likeness (QED) is 0.626. The van der Waals surface area contributed by atoms with Gasteiger partial charge < -0.3 is 16.0 Å². The highest BCUT2D eigenvalue weighted by atomic mass is 16.1. The summed E-state index contributed by atoms with van der Waals surface area (Å²) in [5.41, 5.74) is 3.66. The number of piperidine rings is 1. The summed E-state index contributed by atoms with van der Waals surface area (Å²) in [6.45, 7) is 4.84. The lowest BCUT2D eigenvalue weighted by Crippen LogP contribution is -2.31. The second kappa shape index (κ2) is 7.93. The maximum absolute atomic E-state index is 12.2. The number of fused-ring (bicyclic) bond motifs is 1. The maximum Gasteiger partial charge on any atom is 0.271 e. The largest absolute Gasteiger partial charge is 0.367 e. The molecule has 0 bridgehead atoms. The molecule has 1 aliphatic rings. The van der Waals surface area contributed by atoms with Gasteiger partial charge in [-0.05, 0) is 50.9 Å². The summed E-state index contributed by atoms with van der Waals surface area (Å²) >= 11 is 0. The minimum atomic E-state index is -0.198. The third-order valence-corrected chi connectivity index (χ3v) is 5.28. The van der Waals surface area contributed by atoms with Crippen LogP contribution in [-0.4, -0.2) is 51.9 Å². The Morgan fingerprint density at radius 1 is 1.25 bits per heavy atom. The van der Waals surface area contributed by atoms with Crippen LogP contribution in [0.4, 0.5) is 5.82 Å². The first-order chi connectivity index (χ1) is 13.7. The molecule has 1 amide bonds. The van der Waals surface area contributed by atoms with E-state index in [1.807, 2.05) is 29.7 Å². The monoisotopic (exact) mass is 379 g/mol. The molecule has 3 aromatic rings. The van der Waals surface area contributed by atoms with Crippen LogP contribution in [0.25, 0.3) is 16.9 Å². The molecule has 1 fully saturated rings. The van der Waals surface area contributed by atoms with Gasteiger partial charge in [-0.3, -0.25) is 14.2 Å². The van der Waals surface area contributed by atoms with Crippen molar-refractivity contribution >= 4 is 17.4 Å². The van der Waals surface area contributed by atoms with E-state index in [1.165, 1.54) is 0 Å². The van der Waals surface area contributed by atoms with Crippen molar-refractivity contribution in [3.05, 3.63) is 42.1 Å². The van der Waals surface area contributed by atoms with Gasteiger partial charge in [0.15, 0.2) is 11.5 Å². The van der Waals surface area contributed by atoms with Crippen molar-refractivity contribution in [2.24, 2.45) is 5.92 Å². The molecule has 0 radical (unpaired) electrons. The zero-order valence-corrected chi connectivity index (χ0v) is 16.2. The van der Waals surface area contributed by atoms with Gasteiger partial charge in [-0.25, -0.2) is 9.97 Å². The number of anilines is 1. The summed E-state index contributed by atoms with van der Waals surface area (Å²) in [6.07, 6.45) is 7.71. The topological polar surface area (TPSA) is 96.2 Å². The molecule has 0 spiro atoms. The van der Waals surface area contributed by atoms with Crippen LogP contribution in [0.15, 0.2) is 30.7 Å². The third-order valence-electron chi connectivity index (χ3n) is 5.28. The van der Waals surface area contributed by atoms with Crippen molar-refractivity contribution in [2.75, 3.05) is 32.0 Å². The number of nitrogens with zero attached hydrogens (tertiary/aromatic N) is 4. The van der Waals surface area contributed by atoms with Gasteiger partial charge >= 0.3 is 0 Å². The van der Waals surface area contributed by atoms with E-state index in [9.17, 15) is 4.79 Å². The number of pyridine rings is 1. The Hall–Kier alpha value is -3.00. The summed E-state index contributed by atoms with van der Waals surface area (Å²) in [4.78, 5) is 25.7. The van der Waals surface area contributed by atoms with Crippen LogP contribution in [0.3, 0.4) is 0 Å². The third kappa shape index (κ3) is 3.55. The van der Waals surface area contributed by atoms with Crippen LogP contribution in [0, 0.1) is 12.8 Å². The fourth-order valence-corrected chi connectivity index (χ4v) is 3.60. The average Bonchev–Trinajstić information content (AvgIpc) is 3.09. The van der Waals surface area contributed by atoms with E-state index in [0.717, 1.165) is 49.4 Å². The van der Waals surface area contributed by atoms with Gasteiger partial charge in [0.2, 0.25) is 0 Å². The van der Waals surface area contributed by atoms with Crippen LogP contribution in [-0.2, 0) is 0 Å². The van der Waals surface area contributed by atoms with Crippen molar-refractivity contribution in [1.29, 1.82) is 0 Å². The second-order valence-corrected chi connectivity index (χ2v) is 7.10. The van der Waals surface area contributed by atoms with Crippen LogP contribution < -0.4 is 16.0 Å². The lowest BCUT2D eigenvalue weighted by atomic mass is 9.98. The average molecular weight is 379 g/mol. The summed E-state index contributed by atoms with van der Waals surface area (Å²) in [5.74, 6) is 1.10. The van der Waals surface area contributed by atoms with E-state index in [1.54, 1.807) is 19.4 Å². The summed E-state index contributed by atoms with van der Waals surface area (Å²) in [7, 11) is 1.61. The van der Waals surface area contributed by atoms with Crippen LogP contribution in [0.5, 0.6) is 0 Å². The van der Waals surface area contributed by atoms with Crippen molar-refractivity contribution in [3.63, 3.8) is 0 Å². The standard InChI is InChI=1S/C20H25N7O/c1-13-17(20(28)21-2)26-19-18(24-11-14-3-7-22-8-4-14)25-16(12-27(13)19)15-5-9-23-10-6-15/h5-6,9-10,12,14,22H,3-4,7-8,11H2,1-2H3,(H,21,28)(H,24,25). The number of hydrogen-bond acceptors (Lipinski definition) is 6. The molecule has 4 heterocycles. The normalized spacial score (nSPS) is 14.9. The molecule has 8 nitrogen and oxygen atoms in total. The lowest BCUT2D eigenvalue weighted by Gasteiger charge is -2.23. The zero-order valence-electron chi connectivity index (χ0n) is 16.2. The molecule has 0 unspecified atom stereocenters. The van der Waals surface area contributed by atoms with E-state index in [2.05, 4.69) is 25.9 Å². The minimum absolute atomic E-state index is 0.198. The Kier molecular flexibility index (Phi) is 5.21. The smallest absolute Gasteiger partial charge is 0.271 e. The number of aromatic nitrogens is 4. The molecule has 4 rings (SSSR count). The Morgan fingerprint density at radius 2 is 2.00 bits per heavy atom. The van der Waals surface area contributed by atoms with Gasteiger partial charge in [-0.2, -0.15) is 0 Å². The number of imidazole rings is 1. The summed E-state index contributed by atoms with van der Waals surface area (Å²) < 4.78 is 1.94. The molecule has 0 aliphatic carbocycles. The van der Waals surface area contributed by atoms with Gasteiger partial charge in [0.25, 0.3) is 5.91 Å². The highest BCUT2D eigenvalue weighted by molar-refractivity contribution is 5.94. The Morgan fingerprint density at radius 3 is 2.71 bits per heavy atom. The Balaban J connectivity index is 1.76. The molecule has 28 heavy (non-hydrogen) atoms. The first-order valence-electron chi connectivity index (χ1n) is 9.64. The molecule has 1 saturated heterocycles. The first-order valence-corrected chi connectivity index (χ1v) is 9.64. The predicted molar refractivity (Wildman–Crippen MR) is 108 cm³/mol. The zero-order chi connectivity index (χ0) is 19.5. The van der Waals surface area contributed by atoms with E-state index < -0.39 is 0 Å². The molecular weight excluding hydrogens is 354 g/mol. The minimum Gasteiger partial charge on any atom is -0.367 e. The highest BCUT2D eigenvalue weighted by Gasteiger charge is 2.20. The maximum atomic E-state index is 12.2. The van der Waals surface area contributed by atoms with Crippen molar-refractivity contribution in [1.82, 2.24) is 30.0 Å². The number of aryl methyl sites for hydroxylation is 1. The number of hydrogen-bond donors (Lipinski definition) is 3. The molecule has 0 aromatic carbocycles. The van der Waals surface area contributed by atoms with Crippen LogP contribution in [0.2, 0.25) is 0 Å². The van der Waals surface area contributed by atoms with Crippen LogP contribution in [0.1, 0.15) is 29.0 Å². The molecule has 3 N–H and O–H groups in total. The Bertz CT molecular complexity index is 977. The van der Waals surface area contributed by atoms with Gasteiger partial charge in [0.05, 0.1) is 11.4 Å². The molecular formula is C20H25N7O. The van der Waals surface area contributed by atoms with Crippen LogP contribution >= 0.6 is 0 Å². The van der Waals surface area contributed by atoms with E-state index in [0.29, 0.717) is 23.1 Å². The summed E-state index contributed by atoms with van der Waals surface area (Å²) in [5, 5.41) is 9.55. The number of carbonyl (C=O) groups is 1.